The van der Waals surface area contributed by atoms with Gasteiger partial charge in [0.15, 0.2) is 0 Å². The Bertz CT molecular complexity index is 660. The van der Waals surface area contributed by atoms with E-state index in [1.807, 2.05) is 0 Å². The van der Waals surface area contributed by atoms with Crippen LogP contribution < -0.4 is 4.74 Å². The molecule has 0 saturated heterocycles. The van der Waals surface area contributed by atoms with E-state index >= 15 is 0 Å². The Morgan fingerprint density at radius 3 is 2.62 bits per heavy atom. The summed E-state index contributed by atoms with van der Waals surface area (Å²) in [5.74, 6) is 0.140. The quantitative estimate of drug-likeness (QED) is 0.290. The Balaban J connectivity index is 2.36. The third-order valence-corrected chi connectivity index (χ3v) is 5.30. The van der Waals surface area contributed by atoms with Gasteiger partial charge in [0.1, 0.15) is 0 Å². The normalized spacial score (nSPS) is 16.0. The number of rotatable bonds is 10. The lowest BCUT2D eigenvalue weighted by Crippen LogP contribution is -2.19. The van der Waals surface area contributed by atoms with Gasteiger partial charge in [-0.2, -0.15) is 0 Å². The molecule has 0 aromatic heterocycles. The first kappa shape index (κ1) is 20.7. The monoisotopic (exact) mass is 427 g/mol. The molecule has 1 aliphatic rings. The lowest BCUT2D eigenvalue weighted by Gasteiger charge is -2.20. The highest BCUT2D eigenvalue weighted by molar-refractivity contribution is 9.10. The average molecular weight is 428 g/mol. The van der Waals surface area contributed by atoms with E-state index in [4.69, 9.17) is 9.47 Å². The van der Waals surface area contributed by atoms with E-state index < -0.39 is 10.8 Å². The molecule has 0 N–H and O–H groups in total. The molecule has 26 heavy (non-hydrogen) atoms. The van der Waals surface area contributed by atoms with E-state index in [9.17, 15) is 14.9 Å². The summed E-state index contributed by atoms with van der Waals surface area (Å²) in [6, 6.07) is 3.20. The molecule has 144 valence electrons. The summed E-state index contributed by atoms with van der Waals surface area (Å²) in [6.45, 7) is 6.63. The molecule has 0 spiro atoms. The molecule has 7 heteroatoms. The molecule has 0 bridgehead atoms. The van der Waals surface area contributed by atoms with Gasteiger partial charge >= 0.3 is 11.7 Å². The van der Waals surface area contributed by atoms with Gasteiger partial charge in [0.25, 0.3) is 0 Å². The molecule has 6 nitrogen and oxygen atoms in total. The second kappa shape index (κ2) is 9.35. The Labute approximate surface area is 162 Å². The number of hydrogen-bond donors (Lipinski definition) is 0. The van der Waals surface area contributed by atoms with Crippen LogP contribution in [0.5, 0.6) is 5.75 Å². The Hall–Kier alpha value is -1.63. The number of carbonyl (C=O) groups is 1. The lowest BCUT2D eigenvalue weighted by molar-refractivity contribution is -0.386. The molecule has 1 aromatic carbocycles. The second-order valence-corrected chi connectivity index (χ2v) is 7.77. The van der Waals surface area contributed by atoms with E-state index in [-0.39, 0.29) is 24.0 Å². The Morgan fingerprint density at radius 2 is 2.08 bits per heavy atom. The zero-order valence-electron chi connectivity index (χ0n) is 15.5. The second-order valence-electron chi connectivity index (χ2n) is 6.92. The lowest BCUT2D eigenvalue weighted by atomic mass is 9.88. The van der Waals surface area contributed by atoms with E-state index in [1.54, 1.807) is 13.0 Å². The molecule has 0 radical (unpaired) electrons. The van der Waals surface area contributed by atoms with Crippen molar-refractivity contribution in [3.05, 3.63) is 32.3 Å². The van der Waals surface area contributed by atoms with Crippen molar-refractivity contribution in [3.8, 4) is 5.75 Å². The third-order valence-electron chi connectivity index (χ3n) is 4.71. The largest absolute Gasteiger partial charge is 0.486 e. The number of nitro groups is 1. The van der Waals surface area contributed by atoms with E-state index in [0.29, 0.717) is 34.9 Å². The Kier molecular flexibility index (Phi) is 7.43. The van der Waals surface area contributed by atoms with Crippen molar-refractivity contribution in [1.29, 1.82) is 0 Å². The maximum absolute atomic E-state index is 12.5. The van der Waals surface area contributed by atoms with Crippen molar-refractivity contribution in [2.45, 2.75) is 52.4 Å². The van der Waals surface area contributed by atoms with Crippen molar-refractivity contribution >= 4 is 27.6 Å². The molecule has 2 unspecified atom stereocenters. The van der Waals surface area contributed by atoms with E-state index in [2.05, 4.69) is 29.8 Å². The number of esters is 1. The van der Waals surface area contributed by atoms with Crippen LogP contribution in [0.4, 0.5) is 5.69 Å². The van der Waals surface area contributed by atoms with Gasteiger partial charge in [0.2, 0.25) is 5.75 Å². The maximum atomic E-state index is 12.5. The fourth-order valence-corrected chi connectivity index (χ4v) is 3.33. The summed E-state index contributed by atoms with van der Waals surface area (Å²) < 4.78 is 11.4. The topological polar surface area (TPSA) is 78.7 Å². The first-order valence-electron chi connectivity index (χ1n) is 9.14. The summed E-state index contributed by atoms with van der Waals surface area (Å²) in [5, 5.41) is 11.6. The van der Waals surface area contributed by atoms with Crippen molar-refractivity contribution in [3.63, 3.8) is 0 Å². The van der Waals surface area contributed by atoms with Crippen LogP contribution in [0.2, 0.25) is 0 Å². The average Bonchev–Trinajstić information content (AvgIpc) is 3.42. The van der Waals surface area contributed by atoms with Crippen LogP contribution in [0.3, 0.4) is 0 Å². The van der Waals surface area contributed by atoms with Crippen molar-refractivity contribution < 1.29 is 19.2 Å². The standard InChI is InChI=1S/C19H26BrNO5/c1-4-12(3)8-15(19(22)25-5-2)14-9-16(20)18(17(10-14)21(23)24)26-11-13-6-7-13/h9-10,12-13,15H,4-8,11H2,1-3H3. The van der Waals surface area contributed by atoms with Crippen LogP contribution in [-0.4, -0.2) is 24.1 Å². The summed E-state index contributed by atoms with van der Waals surface area (Å²) in [4.78, 5) is 23.6. The SMILES string of the molecule is CCOC(=O)C(CC(C)CC)c1cc(Br)c(OCC2CC2)c([N+](=O)[O-])c1. The zero-order chi connectivity index (χ0) is 19.3. The molecular weight excluding hydrogens is 402 g/mol. The molecule has 1 aromatic rings. The summed E-state index contributed by atoms with van der Waals surface area (Å²) in [5.41, 5.74) is 0.467. The smallest absolute Gasteiger partial charge is 0.313 e. The third kappa shape index (κ3) is 5.43. The van der Waals surface area contributed by atoms with Gasteiger partial charge in [-0.3, -0.25) is 14.9 Å². The number of nitrogens with zero attached hydrogens (tertiary/aromatic N) is 1. The Morgan fingerprint density at radius 1 is 1.38 bits per heavy atom. The first-order valence-corrected chi connectivity index (χ1v) is 9.93. The summed E-state index contributed by atoms with van der Waals surface area (Å²) >= 11 is 3.39. The van der Waals surface area contributed by atoms with Gasteiger partial charge in [-0.1, -0.05) is 20.3 Å². The highest BCUT2D eigenvalue weighted by Crippen LogP contribution is 2.41. The molecule has 0 heterocycles. The van der Waals surface area contributed by atoms with Gasteiger partial charge < -0.3 is 9.47 Å². The maximum Gasteiger partial charge on any atom is 0.313 e. The number of halogens is 1. The number of benzene rings is 1. The van der Waals surface area contributed by atoms with E-state index in [1.165, 1.54) is 6.07 Å². The minimum atomic E-state index is -0.530. The summed E-state index contributed by atoms with van der Waals surface area (Å²) in [6.07, 6.45) is 3.70. The van der Waals surface area contributed by atoms with Gasteiger partial charge in [-0.05, 0) is 65.6 Å². The minimum Gasteiger partial charge on any atom is -0.486 e. The minimum absolute atomic E-state index is 0.117. The van der Waals surface area contributed by atoms with Crippen LogP contribution in [0, 0.1) is 22.0 Å². The highest BCUT2D eigenvalue weighted by Gasteiger charge is 2.30. The number of nitro benzene ring substituents is 1. The molecule has 2 atom stereocenters. The molecule has 1 fully saturated rings. The summed E-state index contributed by atoms with van der Waals surface area (Å²) in [7, 11) is 0. The molecule has 0 aliphatic heterocycles. The molecule has 1 aliphatic carbocycles. The van der Waals surface area contributed by atoms with Crippen LogP contribution in [0.15, 0.2) is 16.6 Å². The molecular formula is C19H26BrNO5. The predicted octanol–water partition coefficient (Wildman–Crippen LogP) is 5.23. The van der Waals surface area contributed by atoms with Crippen LogP contribution in [0.1, 0.15) is 57.9 Å². The number of ether oxygens (including phenoxy) is 2. The first-order chi connectivity index (χ1) is 12.4. The van der Waals surface area contributed by atoms with Crippen LogP contribution >= 0.6 is 15.9 Å². The van der Waals surface area contributed by atoms with Gasteiger partial charge in [0, 0.05) is 6.07 Å². The van der Waals surface area contributed by atoms with Crippen molar-refractivity contribution in [1.82, 2.24) is 0 Å². The van der Waals surface area contributed by atoms with E-state index in [0.717, 1.165) is 19.3 Å². The van der Waals surface area contributed by atoms with Crippen LogP contribution in [0.25, 0.3) is 0 Å². The van der Waals surface area contributed by atoms with Crippen molar-refractivity contribution in [2.24, 2.45) is 11.8 Å². The molecule has 1 saturated carbocycles. The highest BCUT2D eigenvalue weighted by atomic mass is 79.9. The zero-order valence-corrected chi connectivity index (χ0v) is 17.1. The van der Waals surface area contributed by atoms with Crippen LogP contribution in [-0.2, 0) is 9.53 Å². The predicted molar refractivity (Wildman–Crippen MR) is 102 cm³/mol. The van der Waals surface area contributed by atoms with Gasteiger partial charge in [-0.15, -0.1) is 0 Å². The fourth-order valence-electron chi connectivity index (χ4n) is 2.74. The number of carbonyl (C=O) groups excluding carboxylic acids is 1. The number of hydrogen-bond acceptors (Lipinski definition) is 5. The fraction of sp³-hybridized carbons (Fsp3) is 0.632. The van der Waals surface area contributed by atoms with Gasteiger partial charge in [0.05, 0.1) is 28.5 Å². The van der Waals surface area contributed by atoms with Crippen molar-refractivity contribution in [2.75, 3.05) is 13.2 Å². The molecule has 2 rings (SSSR count). The molecule has 0 amide bonds. The van der Waals surface area contributed by atoms with Gasteiger partial charge in [-0.25, -0.2) is 0 Å².